The van der Waals surface area contributed by atoms with E-state index in [9.17, 15) is 25.2 Å². The van der Waals surface area contributed by atoms with Gasteiger partial charge in [0.2, 0.25) is 0 Å². The van der Waals surface area contributed by atoms with E-state index >= 15 is 0 Å². The first-order valence-electron chi connectivity index (χ1n) is 7.51. The summed E-state index contributed by atoms with van der Waals surface area (Å²) in [5.74, 6) is -1.21. The third-order valence-electron chi connectivity index (χ3n) is 3.78. The van der Waals surface area contributed by atoms with Crippen LogP contribution in [0.1, 0.15) is 11.1 Å². The summed E-state index contributed by atoms with van der Waals surface area (Å²) in [4.78, 5) is 12.6. The van der Waals surface area contributed by atoms with Crippen molar-refractivity contribution in [1.82, 2.24) is 0 Å². The van der Waals surface area contributed by atoms with Crippen LogP contribution in [-0.4, -0.2) is 39.4 Å². The summed E-state index contributed by atoms with van der Waals surface area (Å²) in [5.41, 5.74) is 1.94. The van der Waals surface area contributed by atoms with Crippen molar-refractivity contribution in [2.24, 2.45) is 0 Å². The van der Waals surface area contributed by atoms with E-state index in [1.165, 1.54) is 24.3 Å². The molecule has 6 nitrogen and oxygen atoms in total. The number of aromatic hydroxyl groups is 4. The van der Waals surface area contributed by atoms with Crippen LogP contribution in [0, 0.1) is 0 Å². The van der Waals surface area contributed by atoms with Gasteiger partial charge in [0.05, 0.1) is 13.2 Å². The van der Waals surface area contributed by atoms with Crippen LogP contribution in [-0.2, 0) is 9.53 Å². The number of carbonyl (C=O) groups is 1. The number of rotatable bonds is 2. The van der Waals surface area contributed by atoms with E-state index in [1.54, 1.807) is 24.3 Å². The van der Waals surface area contributed by atoms with Crippen LogP contribution >= 0.6 is 0 Å². The summed E-state index contributed by atoms with van der Waals surface area (Å²) < 4.78 is 5.44. The van der Waals surface area contributed by atoms with Crippen molar-refractivity contribution in [2.45, 2.75) is 0 Å². The minimum atomic E-state index is -0.270. The molecule has 1 saturated heterocycles. The van der Waals surface area contributed by atoms with Crippen LogP contribution in [0.3, 0.4) is 0 Å². The van der Waals surface area contributed by atoms with Gasteiger partial charge in [-0.1, -0.05) is 12.1 Å². The Morgan fingerprint density at radius 1 is 0.720 bits per heavy atom. The Kier molecular flexibility index (Phi) is 4.45. The number of carbonyl (C=O) groups excluding carboxylic acids is 1. The number of hydrogen-bond donors (Lipinski definition) is 4. The molecule has 0 radical (unpaired) electrons. The molecule has 3 rings (SSSR count). The van der Waals surface area contributed by atoms with Gasteiger partial charge in [-0.3, -0.25) is 4.79 Å². The third kappa shape index (κ3) is 3.64. The number of ketones is 1. The van der Waals surface area contributed by atoms with Gasteiger partial charge in [-0.25, -0.2) is 0 Å². The minimum Gasteiger partial charge on any atom is -0.504 e. The number of benzene rings is 2. The SMILES string of the molecule is O=C1C(=Cc2ccc(O)c(O)c2)COCC1=Cc1ccc(O)c(O)c1. The Morgan fingerprint density at radius 2 is 1.16 bits per heavy atom. The highest BCUT2D eigenvalue weighted by Gasteiger charge is 2.21. The third-order valence-corrected chi connectivity index (χ3v) is 3.78. The lowest BCUT2D eigenvalue weighted by atomic mass is 9.97. The van der Waals surface area contributed by atoms with Gasteiger partial charge in [-0.05, 0) is 47.5 Å². The first kappa shape index (κ1) is 16.6. The maximum atomic E-state index is 12.6. The number of phenolic OH excluding ortho intramolecular Hbond substituents is 4. The molecule has 0 aromatic heterocycles. The number of Topliss-reactive ketones (excluding diaryl/α,β-unsaturated/α-hetero) is 1. The first-order valence-corrected chi connectivity index (χ1v) is 7.51. The highest BCUT2D eigenvalue weighted by molar-refractivity contribution is 6.14. The Labute approximate surface area is 143 Å². The molecule has 0 amide bonds. The first-order chi connectivity index (χ1) is 11.9. The molecule has 1 fully saturated rings. The predicted molar refractivity (Wildman–Crippen MR) is 91.3 cm³/mol. The summed E-state index contributed by atoms with van der Waals surface area (Å²) in [6.07, 6.45) is 3.17. The summed E-state index contributed by atoms with van der Waals surface area (Å²) in [5, 5.41) is 37.8. The molecule has 1 aliphatic rings. The van der Waals surface area contributed by atoms with E-state index in [0.717, 1.165) is 0 Å². The fraction of sp³-hybridized carbons (Fsp3) is 0.105. The van der Waals surface area contributed by atoms with Gasteiger partial charge in [0.25, 0.3) is 0 Å². The molecule has 0 atom stereocenters. The van der Waals surface area contributed by atoms with Gasteiger partial charge < -0.3 is 25.2 Å². The maximum absolute atomic E-state index is 12.6. The quantitative estimate of drug-likeness (QED) is 0.494. The molecule has 2 aromatic rings. The lowest BCUT2D eigenvalue weighted by Gasteiger charge is -2.17. The van der Waals surface area contributed by atoms with Gasteiger partial charge in [0.1, 0.15) is 0 Å². The molecule has 128 valence electrons. The normalized spacial score (nSPS) is 18.0. The van der Waals surface area contributed by atoms with E-state index in [2.05, 4.69) is 0 Å². The molecule has 25 heavy (non-hydrogen) atoms. The summed E-state index contributed by atoms with van der Waals surface area (Å²) in [6, 6.07) is 8.53. The van der Waals surface area contributed by atoms with Crippen LogP contribution in [0.2, 0.25) is 0 Å². The molecule has 4 N–H and O–H groups in total. The zero-order valence-electron chi connectivity index (χ0n) is 13.1. The molecular weight excluding hydrogens is 324 g/mol. The Balaban J connectivity index is 1.89. The van der Waals surface area contributed by atoms with Crippen LogP contribution in [0.15, 0.2) is 47.5 Å². The average Bonchev–Trinajstić information content (AvgIpc) is 2.58. The predicted octanol–water partition coefficient (Wildman–Crippen LogP) is 2.58. The van der Waals surface area contributed by atoms with Gasteiger partial charge in [0.15, 0.2) is 28.8 Å². The van der Waals surface area contributed by atoms with Crippen LogP contribution in [0.4, 0.5) is 0 Å². The smallest absolute Gasteiger partial charge is 0.189 e. The summed E-state index contributed by atoms with van der Waals surface area (Å²) in [6.45, 7) is 0.275. The molecular formula is C19H16O6. The Hall–Kier alpha value is -3.25. The largest absolute Gasteiger partial charge is 0.504 e. The van der Waals surface area contributed by atoms with Crippen molar-refractivity contribution in [2.75, 3.05) is 13.2 Å². The van der Waals surface area contributed by atoms with E-state index < -0.39 is 0 Å². The van der Waals surface area contributed by atoms with Crippen molar-refractivity contribution in [3.8, 4) is 23.0 Å². The topological polar surface area (TPSA) is 107 Å². The Bertz CT molecular complexity index is 823. The average molecular weight is 340 g/mol. The molecule has 0 unspecified atom stereocenters. The second-order valence-corrected chi connectivity index (χ2v) is 5.66. The van der Waals surface area contributed by atoms with Gasteiger partial charge in [-0.2, -0.15) is 0 Å². The van der Waals surface area contributed by atoms with Crippen molar-refractivity contribution in [3.63, 3.8) is 0 Å². The lowest BCUT2D eigenvalue weighted by molar-refractivity contribution is -0.114. The van der Waals surface area contributed by atoms with E-state index in [-0.39, 0.29) is 42.0 Å². The summed E-state index contributed by atoms with van der Waals surface area (Å²) in [7, 11) is 0. The second kappa shape index (κ2) is 6.70. The molecule has 6 heteroatoms. The fourth-order valence-electron chi connectivity index (χ4n) is 2.49. The van der Waals surface area contributed by atoms with Gasteiger partial charge in [0, 0.05) is 11.1 Å². The molecule has 0 saturated carbocycles. The molecule has 2 aromatic carbocycles. The van der Waals surface area contributed by atoms with E-state index in [0.29, 0.717) is 22.3 Å². The number of phenols is 4. The minimum absolute atomic E-state index is 0.138. The molecule has 1 aliphatic heterocycles. The number of ether oxygens (including phenoxy) is 1. The van der Waals surface area contributed by atoms with Crippen molar-refractivity contribution >= 4 is 17.9 Å². The van der Waals surface area contributed by atoms with Gasteiger partial charge in [-0.15, -0.1) is 0 Å². The van der Waals surface area contributed by atoms with E-state index in [1.807, 2.05) is 0 Å². The van der Waals surface area contributed by atoms with Crippen molar-refractivity contribution in [1.29, 1.82) is 0 Å². The van der Waals surface area contributed by atoms with Crippen LogP contribution < -0.4 is 0 Å². The van der Waals surface area contributed by atoms with Crippen LogP contribution in [0.5, 0.6) is 23.0 Å². The van der Waals surface area contributed by atoms with E-state index in [4.69, 9.17) is 4.74 Å². The maximum Gasteiger partial charge on any atom is 0.189 e. The van der Waals surface area contributed by atoms with Crippen molar-refractivity contribution in [3.05, 3.63) is 58.7 Å². The van der Waals surface area contributed by atoms with Crippen LogP contribution in [0.25, 0.3) is 12.2 Å². The van der Waals surface area contributed by atoms with Crippen molar-refractivity contribution < 1.29 is 30.0 Å². The highest BCUT2D eigenvalue weighted by Crippen LogP contribution is 2.29. The Morgan fingerprint density at radius 3 is 1.56 bits per heavy atom. The monoisotopic (exact) mass is 340 g/mol. The van der Waals surface area contributed by atoms with Gasteiger partial charge >= 0.3 is 0 Å². The summed E-state index contributed by atoms with van der Waals surface area (Å²) >= 11 is 0. The molecule has 1 heterocycles. The fourth-order valence-corrected chi connectivity index (χ4v) is 2.49. The molecule has 0 aliphatic carbocycles. The molecule has 0 bridgehead atoms. The highest BCUT2D eigenvalue weighted by atomic mass is 16.5. The molecule has 0 spiro atoms. The zero-order valence-corrected chi connectivity index (χ0v) is 13.1. The zero-order chi connectivity index (χ0) is 18.0. The number of hydrogen-bond acceptors (Lipinski definition) is 6. The standard InChI is InChI=1S/C19H16O6/c20-15-3-1-11(7-17(15)22)5-13-9-25-10-14(19(13)24)6-12-2-4-16(21)18(23)8-12/h1-8,20-23H,9-10H2. The second-order valence-electron chi connectivity index (χ2n) is 5.66. The lowest BCUT2D eigenvalue weighted by Crippen LogP contribution is -2.21.